The van der Waals surface area contributed by atoms with Gasteiger partial charge in [0, 0.05) is 18.0 Å². The van der Waals surface area contributed by atoms with Crippen LogP contribution >= 0.6 is 11.3 Å². The van der Waals surface area contributed by atoms with Crippen molar-refractivity contribution in [3.8, 4) is 0 Å². The molecule has 1 aromatic heterocycles. The molecule has 5 nitrogen and oxygen atoms in total. The first kappa shape index (κ1) is 18.1. The summed E-state index contributed by atoms with van der Waals surface area (Å²) < 4.78 is 23.2. The van der Waals surface area contributed by atoms with Gasteiger partial charge in [-0.2, -0.15) is 0 Å². The summed E-state index contributed by atoms with van der Waals surface area (Å²) in [6, 6.07) is 13.8. The van der Waals surface area contributed by atoms with Crippen LogP contribution in [0.4, 0.5) is 0 Å². The van der Waals surface area contributed by atoms with Crippen LogP contribution in [-0.2, 0) is 14.6 Å². The molecule has 0 bridgehead atoms. The Hall–Kier alpha value is -1.70. The van der Waals surface area contributed by atoms with Gasteiger partial charge in [0.2, 0.25) is 5.91 Å². The first-order valence-electron chi connectivity index (χ1n) is 8.24. The van der Waals surface area contributed by atoms with Crippen LogP contribution in [0.2, 0.25) is 0 Å². The topological polar surface area (TPSA) is 66.5 Å². The number of thiophene rings is 1. The van der Waals surface area contributed by atoms with E-state index in [0.717, 1.165) is 10.4 Å². The van der Waals surface area contributed by atoms with Crippen molar-refractivity contribution < 1.29 is 13.2 Å². The number of likely N-dealkylation sites (N-methyl/N-ethyl adjacent to an activating group) is 1. The summed E-state index contributed by atoms with van der Waals surface area (Å²) in [5.41, 5.74) is 1.10. The maximum Gasteiger partial charge on any atom is 0.236 e. The average molecular weight is 379 g/mol. The van der Waals surface area contributed by atoms with Gasteiger partial charge in [0.1, 0.15) is 0 Å². The van der Waals surface area contributed by atoms with Crippen LogP contribution in [0.25, 0.3) is 0 Å². The number of carbonyl (C=O) groups excluding carboxylic acids is 1. The Balaban J connectivity index is 1.66. The number of hydrogen-bond donors (Lipinski definition) is 1. The number of sulfone groups is 1. The van der Waals surface area contributed by atoms with Gasteiger partial charge in [-0.05, 0) is 23.4 Å². The second-order valence-corrected chi connectivity index (χ2v) is 9.51. The molecule has 1 aliphatic rings. The number of nitrogens with one attached hydrogen (secondary N) is 1. The van der Waals surface area contributed by atoms with Gasteiger partial charge >= 0.3 is 0 Å². The van der Waals surface area contributed by atoms with Crippen molar-refractivity contribution in [3.63, 3.8) is 0 Å². The Kier molecular flexibility index (Phi) is 5.56. The average Bonchev–Trinajstić information content (AvgIpc) is 3.25. The normalized spacial score (nSPS) is 20.3. The lowest BCUT2D eigenvalue weighted by Crippen LogP contribution is -2.43. The summed E-state index contributed by atoms with van der Waals surface area (Å²) in [4.78, 5) is 15.2. The van der Waals surface area contributed by atoms with Gasteiger partial charge in [-0.15, -0.1) is 11.3 Å². The third-order valence-electron chi connectivity index (χ3n) is 4.57. The highest BCUT2D eigenvalue weighted by atomic mass is 32.2. The fourth-order valence-corrected chi connectivity index (χ4v) is 5.68. The van der Waals surface area contributed by atoms with Gasteiger partial charge < -0.3 is 4.90 Å². The Labute approximate surface area is 152 Å². The van der Waals surface area contributed by atoms with Crippen LogP contribution in [0.5, 0.6) is 0 Å². The third-order valence-corrected chi connectivity index (χ3v) is 7.26. The van der Waals surface area contributed by atoms with Gasteiger partial charge in [-0.25, -0.2) is 8.42 Å². The van der Waals surface area contributed by atoms with E-state index < -0.39 is 9.84 Å². The zero-order valence-corrected chi connectivity index (χ0v) is 15.7. The van der Waals surface area contributed by atoms with Crippen molar-refractivity contribution >= 4 is 27.1 Å². The molecule has 1 aromatic carbocycles. The van der Waals surface area contributed by atoms with E-state index in [-0.39, 0.29) is 36.0 Å². The van der Waals surface area contributed by atoms with E-state index in [0.29, 0.717) is 6.42 Å². The molecule has 0 spiro atoms. The molecule has 1 amide bonds. The highest BCUT2D eigenvalue weighted by Gasteiger charge is 2.32. The molecule has 0 saturated carbocycles. The number of carbonyl (C=O) groups is 1. The summed E-state index contributed by atoms with van der Waals surface area (Å²) in [7, 11) is -1.30. The van der Waals surface area contributed by atoms with Gasteiger partial charge in [0.25, 0.3) is 0 Å². The number of benzene rings is 1. The summed E-state index contributed by atoms with van der Waals surface area (Å²) >= 11 is 1.64. The van der Waals surface area contributed by atoms with Crippen molar-refractivity contribution in [2.75, 3.05) is 25.1 Å². The maximum atomic E-state index is 12.5. The number of amides is 1. The molecule has 7 heteroatoms. The van der Waals surface area contributed by atoms with Crippen molar-refractivity contribution in [2.24, 2.45) is 0 Å². The van der Waals surface area contributed by atoms with Crippen LogP contribution in [0.1, 0.15) is 22.9 Å². The number of hydrogen-bond acceptors (Lipinski definition) is 5. The van der Waals surface area contributed by atoms with Crippen LogP contribution in [0.3, 0.4) is 0 Å². The fraction of sp³-hybridized carbons (Fsp3) is 0.389. The fourth-order valence-electron chi connectivity index (χ4n) is 3.08. The molecule has 25 heavy (non-hydrogen) atoms. The first-order valence-corrected chi connectivity index (χ1v) is 10.9. The molecular weight excluding hydrogens is 356 g/mol. The third kappa shape index (κ3) is 4.48. The lowest BCUT2D eigenvalue weighted by Gasteiger charge is -2.25. The minimum absolute atomic E-state index is 0.0501. The molecule has 2 heterocycles. The monoisotopic (exact) mass is 378 g/mol. The summed E-state index contributed by atoms with van der Waals surface area (Å²) in [5.74, 6) is 0.159. The lowest BCUT2D eigenvalue weighted by atomic mass is 10.1. The van der Waals surface area contributed by atoms with Crippen LogP contribution in [-0.4, -0.2) is 50.4 Å². The molecule has 1 aliphatic heterocycles. The van der Waals surface area contributed by atoms with E-state index in [4.69, 9.17) is 0 Å². The van der Waals surface area contributed by atoms with Crippen molar-refractivity contribution in [2.45, 2.75) is 18.5 Å². The molecule has 1 saturated heterocycles. The minimum atomic E-state index is -3.00. The zero-order chi connectivity index (χ0) is 17.9. The molecule has 0 radical (unpaired) electrons. The molecule has 1 N–H and O–H groups in total. The molecule has 0 aliphatic carbocycles. The second kappa shape index (κ2) is 7.68. The van der Waals surface area contributed by atoms with Crippen LogP contribution in [0, 0.1) is 0 Å². The summed E-state index contributed by atoms with van der Waals surface area (Å²) in [5, 5.41) is 5.35. The van der Waals surface area contributed by atoms with Gasteiger partial charge in [0.15, 0.2) is 9.84 Å². The van der Waals surface area contributed by atoms with E-state index >= 15 is 0 Å². The van der Waals surface area contributed by atoms with Crippen molar-refractivity contribution in [1.29, 1.82) is 0 Å². The predicted molar refractivity (Wildman–Crippen MR) is 100 cm³/mol. The van der Waals surface area contributed by atoms with E-state index in [1.165, 1.54) is 0 Å². The van der Waals surface area contributed by atoms with Gasteiger partial charge in [-0.3, -0.25) is 10.1 Å². The zero-order valence-electron chi connectivity index (χ0n) is 14.1. The van der Waals surface area contributed by atoms with Gasteiger partial charge in [0.05, 0.1) is 24.1 Å². The molecule has 2 aromatic rings. The van der Waals surface area contributed by atoms with Crippen LogP contribution in [0.15, 0.2) is 47.8 Å². The molecule has 0 unspecified atom stereocenters. The summed E-state index contributed by atoms with van der Waals surface area (Å²) in [6.45, 7) is 0.171. The van der Waals surface area contributed by atoms with E-state index in [1.807, 2.05) is 47.8 Å². The molecular formula is C18H22N2O3S2. The molecule has 2 atom stereocenters. The second-order valence-electron chi connectivity index (χ2n) is 6.30. The Morgan fingerprint density at radius 2 is 2.04 bits per heavy atom. The lowest BCUT2D eigenvalue weighted by molar-refractivity contribution is -0.130. The molecule has 134 valence electrons. The Morgan fingerprint density at radius 1 is 1.28 bits per heavy atom. The Morgan fingerprint density at radius 3 is 2.64 bits per heavy atom. The van der Waals surface area contributed by atoms with Crippen LogP contribution < -0.4 is 5.32 Å². The quantitative estimate of drug-likeness (QED) is 0.836. The SMILES string of the molecule is CN(C(=O)CN[C@@H](c1ccccc1)c1cccs1)[C@@H]1CCS(=O)(=O)C1. The van der Waals surface area contributed by atoms with Crippen molar-refractivity contribution in [3.05, 3.63) is 58.3 Å². The van der Waals surface area contributed by atoms with E-state index in [9.17, 15) is 13.2 Å². The highest BCUT2D eigenvalue weighted by Crippen LogP contribution is 2.26. The highest BCUT2D eigenvalue weighted by molar-refractivity contribution is 7.91. The van der Waals surface area contributed by atoms with Gasteiger partial charge in [-0.1, -0.05) is 36.4 Å². The largest absolute Gasteiger partial charge is 0.341 e. The minimum Gasteiger partial charge on any atom is -0.341 e. The molecule has 3 rings (SSSR count). The summed E-state index contributed by atoms with van der Waals surface area (Å²) in [6.07, 6.45) is 0.525. The van der Waals surface area contributed by atoms with E-state index in [1.54, 1.807) is 23.3 Å². The van der Waals surface area contributed by atoms with E-state index in [2.05, 4.69) is 5.32 Å². The smallest absolute Gasteiger partial charge is 0.236 e. The Bertz CT molecular complexity index is 804. The number of nitrogens with zero attached hydrogens (tertiary/aromatic N) is 1. The first-order chi connectivity index (χ1) is 12.0. The molecule has 1 fully saturated rings. The number of rotatable bonds is 6. The maximum absolute atomic E-state index is 12.5. The standard InChI is InChI=1S/C18H22N2O3S2/c1-20(15-9-11-25(22,23)13-15)17(21)12-19-18(16-8-5-10-24-16)14-6-3-2-4-7-14/h2-8,10,15,18-19H,9,11-13H2,1H3/t15-,18+/m1/s1. The van der Waals surface area contributed by atoms with Crippen molar-refractivity contribution in [1.82, 2.24) is 10.2 Å². The predicted octanol–water partition coefficient (Wildman–Crippen LogP) is 2.07.